The van der Waals surface area contributed by atoms with E-state index in [4.69, 9.17) is 0 Å². The molecule has 0 bridgehead atoms. The molecule has 1 aromatic carbocycles. The number of carbonyl (C=O) groups excluding carboxylic acids is 1. The van der Waals surface area contributed by atoms with Gasteiger partial charge in [-0.3, -0.25) is 14.2 Å². The number of hydrogen-bond donors (Lipinski definition) is 1. The Balaban J connectivity index is 1.52. The largest absolute Gasteiger partial charge is 0.416 e. The van der Waals surface area contributed by atoms with Gasteiger partial charge in [0.1, 0.15) is 4.83 Å². The van der Waals surface area contributed by atoms with Crippen molar-refractivity contribution in [2.75, 3.05) is 23.3 Å². The van der Waals surface area contributed by atoms with Gasteiger partial charge in [0.15, 0.2) is 0 Å². The summed E-state index contributed by atoms with van der Waals surface area (Å²) in [6.45, 7) is 1.55. The lowest BCUT2D eigenvalue weighted by atomic mass is 10.1. The standard InChI is InChI=1S/C20H19F3N4O2S/c21-20(22,23)13-3-4-16(26-7-1-2-8-26)15(11-13)25-17(28)5-9-27-12-24-18-14(19(27)29)6-10-30-18/h3-4,6,10-12H,1-2,5,7-9H2,(H,25,28). The van der Waals surface area contributed by atoms with Crippen LogP contribution in [0, 0.1) is 0 Å². The summed E-state index contributed by atoms with van der Waals surface area (Å²) in [6.07, 6.45) is -1.27. The van der Waals surface area contributed by atoms with Crippen LogP contribution in [-0.2, 0) is 17.5 Å². The second-order valence-electron chi connectivity index (χ2n) is 7.10. The van der Waals surface area contributed by atoms with Crippen LogP contribution in [0.3, 0.4) is 0 Å². The Labute approximate surface area is 174 Å². The van der Waals surface area contributed by atoms with Gasteiger partial charge in [-0.15, -0.1) is 11.3 Å². The third-order valence-corrected chi connectivity index (χ3v) is 5.90. The van der Waals surface area contributed by atoms with E-state index in [9.17, 15) is 22.8 Å². The lowest BCUT2D eigenvalue weighted by molar-refractivity contribution is -0.137. The van der Waals surface area contributed by atoms with Crippen LogP contribution in [0.25, 0.3) is 10.2 Å². The topological polar surface area (TPSA) is 67.2 Å². The number of nitrogens with one attached hydrogen (secondary N) is 1. The molecule has 1 saturated heterocycles. The number of benzene rings is 1. The summed E-state index contributed by atoms with van der Waals surface area (Å²) < 4.78 is 40.8. The number of nitrogens with zero attached hydrogens (tertiary/aromatic N) is 3. The normalized spacial score (nSPS) is 14.4. The maximum atomic E-state index is 13.2. The fourth-order valence-electron chi connectivity index (χ4n) is 3.53. The number of rotatable bonds is 5. The Morgan fingerprint density at radius 1 is 1.20 bits per heavy atom. The van der Waals surface area contributed by atoms with Gasteiger partial charge in [0.25, 0.3) is 5.56 Å². The van der Waals surface area contributed by atoms with Gasteiger partial charge in [-0.2, -0.15) is 13.2 Å². The summed E-state index contributed by atoms with van der Waals surface area (Å²) in [6, 6.07) is 5.08. The highest BCUT2D eigenvalue weighted by atomic mass is 32.1. The van der Waals surface area contributed by atoms with Gasteiger partial charge in [0.05, 0.1) is 28.7 Å². The average molecular weight is 436 g/mol. The van der Waals surface area contributed by atoms with Gasteiger partial charge in [-0.05, 0) is 42.5 Å². The van der Waals surface area contributed by atoms with Crippen molar-refractivity contribution < 1.29 is 18.0 Å². The lowest BCUT2D eigenvalue weighted by Crippen LogP contribution is -2.24. The van der Waals surface area contributed by atoms with Crippen molar-refractivity contribution in [2.24, 2.45) is 0 Å². The Morgan fingerprint density at radius 2 is 1.97 bits per heavy atom. The summed E-state index contributed by atoms with van der Waals surface area (Å²) in [5.74, 6) is -0.466. The number of amides is 1. The van der Waals surface area contributed by atoms with E-state index in [2.05, 4.69) is 10.3 Å². The summed E-state index contributed by atoms with van der Waals surface area (Å²) in [7, 11) is 0. The molecule has 10 heteroatoms. The molecule has 3 heterocycles. The first-order valence-electron chi connectivity index (χ1n) is 9.51. The molecule has 4 rings (SSSR count). The molecule has 0 atom stereocenters. The molecule has 0 radical (unpaired) electrons. The van der Waals surface area contributed by atoms with Gasteiger partial charge in [-0.25, -0.2) is 4.98 Å². The molecule has 2 aromatic heterocycles. The SMILES string of the molecule is O=C(CCn1cnc2sccc2c1=O)Nc1cc(C(F)(F)F)ccc1N1CCCC1. The second-order valence-corrected chi connectivity index (χ2v) is 8.00. The smallest absolute Gasteiger partial charge is 0.370 e. The van der Waals surface area contributed by atoms with Crippen molar-refractivity contribution >= 4 is 38.8 Å². The van der Waals surface area contributed by atoms with Crippen LogP contribution in [0.4, 0.5) is 24.5 Å². The van der Waals surface area contributed by atoms with Crippen LogP contribution < -0.4 is 15.8 Å². The van der Waals surface area contributed by atoms with E-state index >= 15 is 0 Å². The molecule has 0 saturated carbocycles. The molecule has 1 aliphatic heterocycles. The monoisotopic (exact) mass is 436 g/mol. The number of hydrogen-bond acceptors (Lipinski definition) is 5. The zero-order valence-electron chi connectivity index (χ0n) is 15.9. The number of alkyl halides is 3. The summed E-state index contributed by atoms with van der Waals surface area (Å²) in [5, 5.41) is 4.86. The predicted octanol–water partition coefficient (Wildman–Crippen LogP) is 4.11. The minimum absolute atomic E-state index is 0.0626. The van der Waals surface area contributed by atoms with E-state index in [-0.39, 0.29) is 24.2 Å². The van der Waals surface area contributed by atoms with E-state index in [0.29, 0.717) is 15.9 Å². The summed E-state index contributed by atoms with van der Waals surface area (Å²) in [5.41, 5.74) is -0.349. The van der Waals surface area contributed by atoms with Gasteiger partial charge >= 0.3 is 6.18 Å². The average Bonchev–Trinajstić information content (AvgIpc) is 3.39. The number of aryl methyl sites for hydroxylation is 1. The minimum atomic E-state index is -4.50. The van der Waals surface area contributed by atoms with Crippen LogP contribution in [0.1, 0.15) is 24.8 Å². The fourth-order valence-corrected chi connectivity index (χ4v) is 4.26. The number of halogens is 3. The van der Waals surface area contributed by atoms with Gasteiger partial charge in [0, 0.05) is 26.1 Å². The maximum Gasteiger partial charge on any atom is 0.416 e. The first kappa shape index (κ1) is 20.4. The van der Waals surface area contributed by atoms with E-state index in [1.807, 2.05) is 4.90 Å². The molecule has 3 aromatic rings. The predicted molar refractivity (Wildman–Crippen MR) is 110 cm³/mol. The molecule has 1 fully saturated rings. The zero-order valence-corrected chi connectivity index (χ0v) is 16.7. The molecule has 158 valence electrons. The van der Waals surface area contributed by atoms with E-state index in [1.54, 1.807) is 11.4 Å². The molecule has 1 amide bonds. The zero-order chi connectivity index (χ0) is 21.3. The van der Waals surface area contributed by atoms with Crippen LogP contribution in [0.2, 0.25) is 0 Å². The quantitative estimate of drug-likeness (QED) is 0.654. The third-order valence-electron chi connectivity index (χ3n) is 5.07. The van der Waals surface area contributed by atoms with Crippen molar-refractivity contribution in [3.05, 3.63) is 51.9 Å². The fraction of sp³-hybridized carbons (Fsp3) is 0.350. The van der Waals surface area contributed by atoms with Crippen molar-refractivity contribution in [1.29, 1.82) is 0 Å². The molecule has 1 aliphatic rings. The number of anilines is 2. The molecule has 0 spiro atoms. The highest BCUT2D eigenvalue weighted by Gasteiger charge is 2.32. The molecule has 1 N–H and O–H groups in total. The Hall–Kier alpha value is -2.88. The molecule has 6 nitrogen and oxygen atoms in total. The maximum absolute atomic E-state index is 13.2. The van der Waals surface area contributed by atoms with Crippen LogP contribution in [-0.4, -0.2) is 28.5 Å². The number of aromatic nitrogens is 2. The van der Waals surface area contributed by atoms with E-state index in [0.717, 1.165) is 38.1 Å². The molecular formula is C20H19F3N4O2S. The van der Waals surface area contributed by atoms with Crippen LogP contribution in [0.15, 0.2) is 40.8 Å². The molecule has 30 heavy (non-hydrogen) atoms. The first-order chi connectivity index (χ1) is 14.3. The van der Waals surface area contributed by atoms with E-state index in [1.165, 1.54) is 28.3 Å². The first-order valence-corrected chi connectivity index (χ1v) is 10.4. The molecule has 0 aliphatic carbocycles. The lowest BCUT2D eigenvalue weighted by Gasteiger charge is -2.23. The van der Waals surface area contributed by atoms with Crippen molar-refractivity contribution in [2.45, 2.75) is 32.0 Å². The van der Waals surface area contributed by atoms with Crippen molar-refractivity contribution in [3.63, 3.8) is 0 Å². The van der Waals surface area contributed by atoms with Gasteiger partial charge in [0.2, 0.25) is 5.91 Å². The number of fused-ring (bicyclic) bond motifs is 1. The Morgan fingerprint density at radius 3 is 2.70 bits per heavy atom. The summed E-state index contributed by atoms with van der Waals surface area (Å²) >= 11 is 1.35. The van der Waals surface area contributed by atoms with Crippen molar-refractivity contribution in [3.8, 4) is 0 Å². The van der Waals surface area contributed by atoms with Crippen LogP contribution in [0.5, 0.6) is 0 Å². The van der Waals surface area contributed by atoms with Crippen LogP contribution >= 0.6 is 11.3 Å². The van der Waals surface area contributed by atoms with Crippen molar-refractivity contribution in [1.82, 2.24) is 9.55 Å². The van der Waals surface area contributed by atoms with E-state index < -0.39 is 17.6 Å². The minimum Gasteiger partial charge on any atom is -0.370 e. The third kappa shape index (κ3) is 4.18. The molecule has 0 unspecified atom stereocenters. The Bertz CT molecular complexity index is 1130. The van der Waals surface area contributed by atoms with Gasteiger partial charge in [-0.1, -0.05) is 0 Å². The van der Waals surface area contributed by atoms with Gasteiger partial charge < -0.3 is 10.2 Å². The number of thiophene rings is 1. The second kappa shape index (κ2) is 8.10. The molecular weight excluding hydrogens is 417 g/mol. The highest BCUT2D eigenvalue weighted by Crippen LogP contribution is 2.36. The summed E-state index contributed by atoms with van der Waals surface area (Å²) in [4.78, 5) is 31.7. The number of carbonyl (C=O) groups is 1. The highest BCUT2D eigenvalue weighted by molar-refractivity contribution is 7.16. The Kier molecular flexibility index (Phi) is 5.50.